The van der Waals surface area contributed by atoms with Crippen LogP contribution in [0.15, 0.2) is 152 Å². The van der Waals surface area contributed by atoms with Crippen LogP contribution in [-0.2, 0) is 31.4 Å². The Bertz CT molecular complexity index is 1760. The molecule has 261 valence electrons. The van der Waals surface area contributed by atoms with Crippen molar-refractivity contribution in [1.82, 2.24) is 0 Å². The normalized spacial score (nSPS) is 9.86. The summed E-state index contributed by atoms with van der Waals surface area (Å²) in [6.07, 6.45) is 6.76. The molecule has 0 amide bonds. The summed E-state index contributed by atoms with van der Waals surface area (Å²) >= 11 is 0. The van der Waals surface area contributed by atoms with Gasteiger partial charge in [0.2, 0.25) is 0 Å². The fourth-order valence-electron chi connectivity index (χ4n) is 5.35. The van der Waals surface area contributed by atoms with Crippen molar-refractivity contribution in [2.75, 3.05) is 0 Å². The van der Waals surface area contributed by atoms with Gasteiger partial charge in [0, 0.05) is 0 Å². The Morgan fingerprint density at radius 2 is 0.843 bits per heavy atom. The van der Waals surface area contributed by atoms with Crippen molar-refractivity contribution in [2.24, 2.45) is 0 Å². The quantitative estimate of drug-likeness (QED) is 0.113. The molecule has 0 aliphatic rings. The first kappa shape index (κ1) is 43.3. The molecule has 0 spiro atoms. The summed E-state index contributed by atoms with van der Waals surface area (Å²) in [4.78, 5) is 0. The van der Waals surface area contributed by atoms with Crippen molar-refractivity contribution in [3.05, 3.63) is 177 Å². The molecule has 2 heteroatoms. The zero-order chi connectivity index (χ0) is 36.0. The monoisotopic (exact) mass is 723 g/mol. The average molecular weight is 724 g/mol. The zero-order valence-corrected chi connectivity index (χ0v) is 33.9. The zero-order valence-electron chi connectivity index (χ0n) is 31.5. The van der Waals surface area contributed by atoms with E-state index in [1.54, 1.807) is 0 Å². The summed E-state index contributed by atoms with van der Waals surface area (Å²) in [6.45, 7) is 18.0. The molecule has 0 heterocycles. The van der Waals surface area contributed by atoms with E-state index in [2.05, 4.69) is 194 Å². The van der Waals surface area contributed by atoms with Gasteiger partial charge in [-0.15, -0.1) is 69.1 Å². The molecule has 7 aromatic carbocycles. The third-order valence-electron chi connectivity index (χ3n) is 8.38. The van der Waals surface area contributed by atoms with Crippen molar-refractivity contribution in [3.63, 3.8) is 0 Å². The third kappa shape index (κ3) is 14.0. The molecule has 7 aromatic rings. The van der Waals surface area contributed by atoms with Crippen LogP contribution < -0.4 is 5.19 Å². The van der Waals surface area contributed by atoms with E-state index in [9.17, 15) is 0 Å². The van der Waals surface area contributed by atoms with Crippen molar-refractivity contribution in [1.29, 1.82) is 0 Å². The molecule has 0 fully saturated rings. The van der Waals surface area contributed by atoms with E-state index in [0.29, 0.717) is 0 Å². The molecule has 0 nitrogen and oxygen atoms in total. The SMILES string of the molecule is CCc1cc2c(-c3ccccc3)cccc2[cH-]1.CCc1cc2c(-c3ccccc3)cccc2[cH-]1.C[Si]c1ccccc1.[CH2-]CCC.[CH2-]CCC.[V+4]. The molecule has 7 rings (SSSR count). The number of aryl methyl sites for hydroxylation is 2. The van der Waals surface area contributed by atoms with Crippen LogP contribution in [0.4, 0.5) is 0 Å². The van der Waals surface area contributed by atoms with Crippen LogP contribution in [0, 0.1) is 13.8 Å². The van der Waals surface area contributed by atoms with Gasteiger partial charge in [0.05, 0.1) is 9.52 Å². The van der Waals surface area contributed by atoms with E-state index in [1.165, 1.54) is 73.0 Å². The van der Waals surface area contributed by atoms with E-state index >= 15 is 0 Å². The van der Waals surface area contributed by atoms with Gasteiger partial charge in [-0.05, 0) is 24.0 Å². The van der Waals surface area contributed by atoms with E-state index in [-0.39, 0.29) is 18.6 Å². The molecular formula is C49H56SiV. The summed E-state index contributed by atoms with van der Waals surface area (Å²) in [5, 5.41) is 6.88. The fraction of sp³-hybridized carbons (Fsp3) is 0.224. The first-order valence-corrected chi connectivity index (χ1v) is 19.8. The Kier molecular flexibility index (Phi) is 21.3. The second-order valence-corrected chi connectivity index (χ2v) is 13.2. The molecule has 0 saturated carbocycles. The Labute approximate surface area is 324 Å². The van der Waals surface area contributed by atoms with Gasteiger partial charge in [-0.25, -0.2) is 0 Å². The number of unbranched alkanes of at least 4 members (excludes halogenated alkanes) is 2. The van der Waals surface area contributed by atoms with E-state index in [1.807, 2.05) is 6.07 Å². The van der Waals surface area contributed by atoms with Gasteiger partial charge in [-0.1, -0.05) is 167 Å². The summed E-state index contributed by atoms with van der Waals surface area (Å²) in [7, 11) is 0.930. The summed E-state index contributed by atoms with van der Waals surface area (Å²) in [5.74, 6) is 0. The molecule has 0 unspecified atom stereocenters. The maximum atomic E-state index is 3.60. The largest absolute Gasteiger partial charge is 4.00 e. The molecule has 0 aromatic heterocycles. The molecule has 0 bridgehead atoms. The van der Waals surface area contributed by atoms with Crippen LogP contribution >= 0.6 is 0 Å². The van der Waals surface area contributed by atoms with Crippen LogP contribution in [0.5, 0.6) is 0 Å². The van der Waals surface area contributed by atoms with Gasteiger partial charge in [0.25, 0.3) is 0 Å². The van der Waals surface area contributed by atoms with Crippen LogP contribution in [0.2, 0.25) is 6.55 Å². The maximum absolute atomic E-state index is 3.60. The molecule has 51 heavy (non-hydrogen) atoms. The van der Waals surface area contributed by atoms with Gasteiger partial charge >= 0.3 is 18.6 Å². The number of benzene rings is 5. The Morgan fingerprint density at radius 3 is 1.14 bits per heavy atom. The molecule has 0 aliphatic heterocycles. The summed E-state index contributed by atoms with van der Waals surface area (Å²) < 4.78 is 0. The van der Waals surface area contributed by atoms with Crippen molar-refractivity contribution < 1.29 is 18.6 Å². The van der Waals surface area contributed by atoms with E-state index in [4.69, 9.17) is 0 Å². The minimum Gasteiger partial charge on any atom is -0.343 e. The maximum Gasteiger partial charge on any atom is 4.00 e. The molecule has 0 atom stereocenters. The number of hydrogen-bond acceptors (Lipinski definition) is 0. The topological polar surface area (TPSA) is 0 Å². The third-order valence-corrected chi connectivity index (χ3v) is 9.29. The van der Waals surface area contributed by atoms with Crippen molar-refractivity contribution in [2.45, 2.75) is 72.8 Å². The van der Waals surface area contributed by atoms with Crippen molar-refractivity contribution in [3.8, 4) is 22.3 Å². The van der Waals surface area contributed by atoms with E-state index in [0.717, 1.165) is 35.2 Å². The molecule has 0 N–H and O–H groups in total. The minimum absolute atomic E-state index is 0. The molecule has 3 radical (unpaired) electrons. The number of hydrogen-bond donors (Lipinski definition) is 0. The Hall–Kier alpha value is -3.88. The smallest absolute Gasteiger partial charge is 0.343 e. The van der Waals surface area contributed by atoms with Gasteiger partial charge < -0.3 is 13.8 Å². The molecular weight excluding hydrogens is 668 g/mol. The minimum atomic E-state index is 0. The number of rotatable bonds is 7. The Morgan fingerprint density at radius 1 is 0.490 bits per heavy atom. The first-order chi connectivity index (χ1) is 24.5. The van der Waals surface area contributed by atoms with Gasteiger partial charge in [0.1, 0.15) is 0 Å². The van der Waals surface area contributed by atoms with E-state index < -0.39 is 0 Å². The van der Waals surface area contributed by atoms with Crippen LogP contribution in [0.3, 0.4) is 0 Å². The average Bonchev–Trinajstić information content (AvgIpc) is 3.84. The Balaban J connectivity index is 0.000000248. The standard InChI is InChI=1S/2C17H15.C7H8Si.2C4H9.V/c2*1-2-13-11-15-9-6-10-16(17(15)12-13)14-7-4-3-5-8-14;1-8-7-5-3-2-4-6-7;2*1-3-4-2;/h2*3-12H,2H2,1H3;2-6H,1H3;2*1,3-4H2,2H3;/q2*-1;;2*-1;+4. The van der Waals surface area contributed by atoms with Crippen LogP contribution in [-0.4, -0.2) is 9.52 Å². The second kappa shape index (κ2) is 25.1. The van der Waals surface area contributed by atoms with Crippen molar-refractivity contribution >= 4 is 36.3 Å². The van der Waals surface area contributed by atoms with Gasteiger partial charge in [0.15, 0.2) is 0 Å². The van der Waals surface area contributed by atoms with Crippen LogP contribution in [0.1, 0.15) is 64.5 Å². The summed E-state index contributed by atoms with van der Waals surface area (Å²) in [6, 6.07) is 54.0. The van der Waals surface area contributed by atoms with Gasteiger partial charge in [-0.2, -0.15) is 25.0 Å². The van der Waals surface area contributed by atoms with Gasteiger partial charge in [-0.3, -0.25) is 0 Å². The fourth-order valence-corrected chi connectivity index (χ4v) is 5.87. The van der Waals surface area contributed by atoms with Crippen LogP contribution in [0.25, 0.3) is 43.8 Å². The molecule has 0 saturated heterocycles. The summed E-state index contributed by atoms with van der Waals surface area (Å²) in [5.41, 5.74) is 8.11. The predicted molar refractivity (Wildman–Crippen MR) is 227 cm³/mol. The first-order valence-electron chi connectivity index (χ1n) is 18.3. The second-order valence-electron chi connectivity index (χ2n) is 12.1. The predicted octanol–water partition coefficient (Wildman–Crippen LogP) is 13.9. The number of fused-ring (bicyclic) bond motifs is 2. The molecule has 0 aliphatic carbocycles.